The van der Waals surface area contributed by atoms with E-state index in [4.69, 9.17) is 4.84 Å². The van der Waals surface area contributed by atoms with Gasteiger partial charge in [0.2, 0.25) is 0 Å². The monoisotopic (exact) mass is 213 g/mol. The lowest BCUT2D eigenvalue weighted by Crippen LogP contribution is -1.95. The number of hydrogen-bond acceptors (Lipinski definition) is 3. The second-order valence-corrected chi connectivity index (χ2v) is 3.42. The number of benzene rings is 1. The molecule has 14 heavy (non-hydrogen) atoms. The van der Waals surface area contributed by atoms with Crippen LogP contribution in [0, 0.1) is 6.92 Å². The normalized spacial score (nSPS) is 8.93. The van der Waals surface area contributed by atoms with Crippen molar-refractivity contribution in [1.82, 2.24) is 0 Å². The standard InChI is InChI=1S/C9H13NOS.C2H6/c1-7-4-8(10-11-2)6-9(5-7)12-3;1-2/h4-6,10H,1-3H3;1-2H3. The molecule has 0 aliphatic rings. The molecule has 0 saturated carbocycles. The maximum Gasteiger partial charge on any atom is 0.0636 e. The highest BCUT2D eigenvalue weighted by Gasteiger charge is 1.96. The minimum Gasteiger partial charge on any atom is -0.279 e. The minimum absolute atomic E-state index is 1.00. The van der Waals surface area contributed by atoms with E-state index in [-0.39, 0.29) is 0 Å². The molecule has 0 radical (unpaired) electrons. The largest absolute Gasteiger partial charge is 0.279 e. The lowest BCUT2D eigenvalue weighted by atomic mass is 10.2. The Hall–Kier alpha value is -0.670. The van der Waals surface area contributed by atoms with Gasteiger partial charge in [-0.05, 0) is 36.9 Å². The third kappa shape index (κ3) is 4.53. The lowest BCUT2D eigenvalue weighted by molar-refractivity contribution is 0.271. The van der Waals surface area contributed by atoms with Crippen LogP contribution in [0.3, 0.4) is 0 Å². The second kappa shape index (κ2) is 7.71. The van der Waals surface area contributed by atoms with E-state index < -0.39 is 0 Å². The van der Waals surface area contributed by atoms with Crippen molar-refractivity contribution in [3.05, 3.63) is 23.8 Å². The van der Waals surface area contributed by atoms with E-state index in [0.717, 1.165) is 5.69 Å². The van der Waals surface area contributed by atoms with Gasteiger partial charge in [0.05, 0.1) is 12.8 Å². The SMILES string of the molecule is CC.CONc1cc(C)cc(SC)c1. The van der Waals surface area contributed by atoms with Crippen molar-refractivity contribution in [3.63, 3.8) is 0 Å². The van der Waals surface area contributed by atoms with E-state index in [9.17, 15) is 0 Å². The molecule has 80 valence electrons. The zero-order valence-corrected chi connectivity index (χ0v) is 10.4. The number of rotatable bonds is 3. The summed E-state index contributed by atoms with van der Waals surface area (Å²) in [7, 11) is 1.61. The molecule has 2 nitrogen and oxygen atoms in total. The van der Waals surface area contributed by atoms with Crippen LogP contribution in [-0.4, -0.2) is 13.4 Å². The summed E-state index contributed by atoms with van der Waals surface area (Å²) in [5.74, 6) is 0. The van der Waals surface area contributed by atoms with Crippen LogP contribution < -0.4 is 5.48 Å². The van der Waals surface area contributed by atoms with Crippen molar-refractivity contribution in [2.75, 3.05) is 18.8 Å². The van der Waals surface area contributed by atoms with E-state index in [2.05, 4.69) is 30.8 Å². The van der Waals surface area contributed by atoms with Gasteiger partial charge in [-0.3, -0.25) is 10.3 Å². The Kier molecular flexibility index (Phi) is 7.34. The molecule has 0 saturated heterocycles. The predicted molar refractivity (Wildman–Crippen MR) is 64.9 cm³/mol. The second-order valence-electron chi connectivity index (χ2n) is 2.55. The van der Waals surface area contributed by atoms with Crippen molar-refractivity contribution in [2.24, 2.45) is 0 Å². The first kappa shape index (κ1) is 13.3. The molecule has 0 aromatic heterocycles. The zero-order chi connectivity index (χ0) is 11.0. The van der Waals surface area contributed by atoms with Crippen LogP contribution in [-0.2, 0) is 4.84 Å². The van der Waals surface area contributed by atoms with Gasteiger partial charge in [-0.1, -0.05) is 13.8 Å². The lowest BCUT2D eigenvalue weighted by Gasteiger charge is -2.06. The van der Waals surface area contributed by atoms with E-state index in [1.807, 2.05) is 19.9 Å². The van der Waals surface area contributed by atoms with Gasteiger partial charge in [-0.2, -0.15) is 0 Å². The van der Waals surface area contributed by atoms with Gasteiger partial charge in [-0.25, -0.2) is 0 Å². The highest BCUT2D eigenvalue weighted by molar-refractivity contribution is 7.98. The van der Waals surface area contributed by atoms with Gasteiger partial charge in [0.1, 0.15) is 0 Å². The Morgan fingerprint density at radius 1 is 1.21 bits per heavy atom. The van der Waals surface area contributed by atoms with E-state index >= 15 is 0 Å². The van der Waals surface area contributed by atoms with Gasteiger partial charge >= 0.3 is 0 Å². The third-order valence-corrected chi connectivity index (χ3v) is 2.21. The zero-order valence-electron chi connectivity index (χ0n) is 9.55. The fourth-order valence-electron chi connectivity index (χ4n) is 1.04. The maximum absolute atomic E-state index is 4.82. The molecule has 0 amide bonds. The van der Waals surface area contributed by atoms with Gasteiger partial charge in [-0.15, -0.1) is 11.8 Å². The molecule has 0 spiro atoms. The Morgan fingerprint density at radius 3 is 2.36 bits per heavy atom. The molecular formula is C11H19NOS. The molecule has 1 aromatic rings. The topological polar surface area (TPSA) is 21.3 Å². The first-order valence-electron chi connectivity index (χ1n) is 4.71. The van der Waals surface area contributed by atoms with Gasteiger partial charge in [0.15, 0.2) is 0 Å². The summed E-state index contributed by atoms with van der Waals surface area (Å²) < 4.78 is 0. The van der Waals surface area contributed by atoms with Crippen LogP contribution in [0.4, 0.5) is 5.69 Å². The van der Waals surface area contributed by atoms with Crippen molar-refractivity contribution < 1.29 is 4.84 Å². The third-order valence-electron chi connectivity index (χ3n) is 1.51. The molecule has 1 rings (SSSR count). The van der Waals surface area contributed by atoms with Crippen LogP contribution in [0.2, 0.25) is 0 Å². The predicted octanol–water partition coefficient (Wildman–Crippen LogP) is 3.72. The summed E-state index contributed by atoms with van der Waals surface area (Å²) in [6.45, 7) is 6.07. The first-order chi connectivity index (χ1) is 6.76. The summed E-state index contributed by atoms with van der Waals surface area (Å²) in [6.07, 6.45) is 2.06. The van der Waals surface area contributed by atoms with Crippen molar-refractivity contribution >= 4 is 17.4 Å². The Morgan fingerprint density at radius 2 is 1.86 bits per heavy atom. The molecule has 1 aromatic carbocycles. The number of hydrogen-bond donors (Lipinski definition) is 1. The first-order valence-corrected chi connectivity index (χ1v) is 5.93. The molecule has 1 N–H and O–H groups in total. The fraction of sp³-hybridized carbons (Fsp3) is 0.455. The average molecular weight is 213 g/mol. The summed E-state index contributed by atoms with van der Waals surface area (Å²) in [5, 5.41) is 0. The Bertz CT molecular complexity index is 263. The van der Waals surface area contributed by atoms with Gasteiger partial charge in [0, 0.05) is 4.90 Å². The molecule has 0 unspecified atom stereocenters. The molecule has 3 heteroatoms. The van der Waals surface area contributed by atoms with Crippen molar-refractivity contribution in [3.8, 4) is 0 Å². The number of thioether (sulfide) groups is 1. The van der Waals surface area contributed by atoms with Crippen molar-refractivity contribution in [2.45, 2.75) is 25.7 Å². The van der Waals surface area contributed by atoms with E-state index in [1.54, 1.807) is 18.9 Å². The van der Waals surface area contributed by atoms with Gasteiger partial charge < -0.3 is 0 Å². The summed E-state index contributed by atoms with van der Waals surface area (Å²) in [5.41, 5.74) is 5.05. The van der Waals surface area contributed by atoms with Crippen molar-refractivity contribution in [1.29, 1.82) is 0 Å². The number of nitrogens with one attached hydrogen (secondary N) is 1. The van der Waals surface area contributed by atoms with E-state index in [1.165, 1.54) is 10.5 Å². The Balaban J connectivity index is 0.000000791. The van der Waals surface area contributed by atoms with Gasteiger partial charge in [0.25, 0.3) is 0 Å². The van der Waals surface area contributed by atoms with Crippen LogP contribution >= 0.6 is 11.8 Å². The van der Waals surface area contributed by atoms with Crippen LogP contribution in [0.1, 0.15) is 19.4 Å². The number of aryl methyl sites for hydroxylation is 1. The molecule has 0 atom stereocenters. The van der Waals surface area contributed by atoms with Crippen LogP contribution in [0.25, 0.3) is 0 Å². The summed E-state index contributed by atoms with van der Waals surface area (Å²) >= 11 is 1.73. The highest BCUT2D eigenvalue weighted by atomic mass is 32.2. The summed E-state index contributed by atoms with van der Waals surface area (Å²) in [4.78, 5) is 6.07. The minimum atomic E-state index is 1.00. The smallest absolute Gasteiger partial charge is 0.0636 e. The highest BCUT2D eigenvalue weighted by Crippen LogP contribution is 2.21. The van der Waals surface area contributed by atoms with Crippen LogP contribution in [0.5, 0.6) is 0 Å². The molecule has 0 aliphatic carbocycles. The fourth-order valence-corrected chi connectivity index (χ4v) is 1.59. The molecule has 0 heterocycles. The average Bonchev–Trinajstić information content (AvgIpc) is 2.20. The summed E-state index contributed by atoms with van der Waals surface area (Å²) in [6, 6.07) is 6.25. The van der Waals surface area contributed by atoms with E-state index in [0.29, 0.717) is 0 Å². The molecule has 0 fully saturated rings. The quantitative estimate of drug-likeness (QED) is 0.611. The Labute approximate surface area is 91.0 Å². The number of anilines is 1. The molecule has 0 aliphatic heterocycles. The molecule has 0 bridgehead atoms. The van der Waals surface area contributed by atoms with Crippen LogP contribution in [0.15, 0.2) is 23.1 Å². The molecular weight excluding hydrogens is 194 g/mol. The maximum atomic E-state index is 4.82.